The van der Waals surface area contributed by atoms with E-state index >= 15 is 0 Å². The molecule has 20 heavy (non-hydrogen) atoms. The molecule has 0 spiro atoms. The fourth-order valence-electron chi connectivity index (χ4n) is 2.73. The molecule has 0 aliphatic carbocycles. The van der Waals surface area contributed by atoms with Crippen LogP contribution in [0, 0.1) is 5.82 Å². The van der Waals surface area contributed by atoms with E-state index in [0.717, 1.165) is 25.2 Å². The van der Waals surface area contributed by atoms with E-state index in [9.17, 15) is 4.39 Å². The lowest BCUT2D eigenvalue weighted by molar-refractivity contribution is 0.0877. The van der Waals surface area contributed by atoms with E-state index in [4.69, 9.17) is 17.4 Å². The van der Waals surface area contributed by atoms with Gasteiger partial charge >= 0.3 is 0 Å². The minimum atomic E-state index is -0.381. The van der Waals surface area contributed by atoms with Gasteiger partial charge in [-0.2, -0.15) is 0 Å². The Morgan fingerprint density at radius 2 is 2.20 bits per heavy atom. The predicted molar refractivity (Wildman–Crippen MR) is 80.1 cm³/mol. The zero-order valence-electron chi connectivity index (χ0n) is 11.9. The normalized spacial score (nSPS) is 22.9. The van der Waals surface area contributed by atoms with Crippen LogP contribution in [0.15, 0.2) is 18.2 Å². The number of rotatable bonds is 4. The van der Waals surface area contributed by atoms with Gasteiger partial charge in [0.2, 0.25) is 0 Å². The summed E-state index contributed by atoms with van der Waals surface area (Å²) in [6.07, 6.45) is 0.607. The topological polar surface area (TPSA) is 44.5 Å². The fraction of sp³-hybridized carbons (Fsp3) is 0.571. The van der Waals surface area contributed by atoms with Crippen LogP contribution < -0.4 is 11.3 Å². The summed E-state index contributed by atoms with van der Waals surface area (Å²) < 4.78 is 13.5. The molecule has 4 nitrogen and oxygen atoms in total. The van der Waals surface area contributed by atoms with E-state index < -0.39 is 0 Å². The largest absolute Gasteiger partial charge is 0.303 e. The summed E-state index contributed by atoms with van der Waals surface area (Å²) in [5.41, 5.74) is 3.66. The molecule has 1 fully saturated rings. The standard InChI is InChI=1S/C14H22ClFN4/c1-19-6-7-20(2)13(9-19)12(18-17)8-10-4-3-5-11(16)14(10)15/h3-5,12-13,18H,6-9,17H2,1-2H3. The number of nitrogens with one attached hydrogen (secondary N) is 1. The second kappa shape index (κ2) is 6.83. The van der Waals surface area contributed by atoms with Crippen LogP contribution in [0.25, 0.3) is 0 Å². The Hall–Kier alpha value is -0.720. The van der Waals surface area contributed by atoms with Crippen LogP contribution in [0.3, 0.4) is 0 Å². The molecule has 1 aliphatic heterocycles. The number of nitrogens with two attached hydrogens (primary N) is 1. The van der Waals surface area contributed by atoms with Crippen molar-refractivity contribution < 1.29 is 4.39 Å². The van der Waals surface area contributed by atoms with E-state index in [1.165, 1.54) is 6.07 Å². The Morgan fingerprint density at radius 3 is 2.90 bits per heavy atom. The SMILES string of the molecule is CN1CCN(C)C(C(Cc2cccc(F)c2Cl)NN)C1. The first kappa shape index (κ1) is 15.7. The van der Waals surface area contributed by atoms with Gasteiger partial charge in [-0.15, -0.1) is 0 Å². The van der Waals surface area contributed by atoms with Crippen molar-refractivity contribution >= 4 is 11.6 Å². The number of hydrazine groups is 1. The fourth-order valence-corrected chi connectivity index (χ4v) is 2.93. The Bertz CT molecular complexity index is 457. The highest BCUT2D eigenvalue weighted by Gasteiger charge is 2.29. The third-order valence-corrected chi connectivity index (χ3v) is 4.47. The van der Waals surface area contributed by atoms with Crippen molar-refractivity contribution in [3.8, 4) is 0 Å². The van der Waals surface area contributed by atoms with Gasteiger partial charge in [-0.3, -0.25) is 16.2 Å². The van der Waals surface area contributed by atoms with Gasteiger partial charge in [0.05, 0.1) is 5.02 Å². The number of likely N-dealkylation sites (N-methyl/N-ethyl adjacent to an activating group) is 2. The van der Waals surface area contributed by atoms with Gasteiger partial charge in [0.25, 0.3) is 0 Å². The summed E-state index contributed by atoms with van der Waals surface area (Å²) in [5.74, 6) is 5.33. The molecule has 1 saturated heterocycles. The predicted octanol–water partition coefficient (Wildman–Crippen LogP) is 1.10. The summed E-state index contributed by atoms with van der Waals surface area (Å²) >= 11 is 6.03. The summed E-state index contributed by atoms with van der Waals surface area (Å²) in [6, 6.07) is 5.21. The Labute approximate surface area is 124 Å². The highest BCUT2D eigenvalue weighted by atomic mass is 35.5. The molecule has 0 bridgehead atoms. The van der Waals surface area contributed by atoms with Gasteiger partial charge in [0.15, 0.2) is 0 Å². The van der Waals surface area contributed by atoms with Crippen molar-refractivity contribution in [3.63, 3.8) is 0 Å². The minimum absolute atomic E-state index is 0.0297. The third kappa shape index (κ3) is 3.48. The molecule has 2 rings (SSSR count). The molecule has 0 radical (unpaired) electrons. The lowest BCUT2D eigenvalue weighted by Crippen LogP contribution is -2.60. The van der Waals surface area contributed by atoms with Crippen LogP contribution in [-0.2, 0) is 6.42 Å². The molecule has 1 aromatic carbocycles. The molecule has 0 saturated carbocycles. The highest BCUT2D eigenvalue weighted by Crippen LogP contribution is 2.22. The quantitative estimate of drug-likeness (QED) is 0.646. The molecule has 1 aliphatic rings. The maximum atomic E-state index is 13.5. The van der Waals surface area contributed by atoms with Gasteiger partial charge < -0.3 is 4.90 Å². The number of halogens is 2. The molecule has 0 amide bonds. The maximum absolute atomic E-state index is 13.5. The summed E-state index contributed by atoms with van der Waals surface area (Å²) in [4.78, 5) is 4.57. The summed E-state index contributed by atoms with van der Waals surface area (Å²) in [5, 5.41) is 0.194. The Kier molecular flexibility index (Phi) is 5.35. The number of hydrogen-bond donors (Lipinski definition) is 2. The van der Waals surface area contributed by atoms with Gasteiger partial charge in [-0.1, -0.05) is 23.7 Å². The zero-order chi connectivity index (χ0) is 14.7. The average molecular weight is 301 g/mol. The van der Waals surface area contributed by atoms with Crippen LogP contribution in [0.1, 0.15) is 5.56 Å². The zero-order valence-corrected chi connectivity index (χ0v) is 12.7. The van der Waals surface area contributed by atoms with E-state index in [1.54, 1.807) is 6.07 Å². The molecule has 1 aromatic rings. The number of benzene rings is 1. The van der Waals surface area contributed by atoms with Crippen molar-refractivity contribution in [1.82, 2.24) is 15.2 Å². The molecule has 6 heteroatoms. The molecule has 3 N–H and O–H groups in total. The second-order valence-corrected chi connectivity index (χ2v) is 5.88. The van der Waals surface area contributed by atoms with Crippen molar-refractivity contribution in [2.75, 3.05) is 33.7 Å². The van der Waals surface area contributed by atoms with Crippen LogP contribution in [0.5, 0.6) is 0 Å². The molecular formula is C14H22ClFN4. The smallest absolute Gasteiger partial charge is 0.142 e. The Morgan fingerprint density at radius 1 is 1.45 bits per heavy atom. The van der Waals surface area contributed by atoms with Gasteiger partial charge in [0, 0.05) is 31.7 Å². The monoisotopic (exact) mass is 300 g/mol. The van der Waals surface area contributed by atoms with E-state index in [-0.39, 0.29) is 22.9 Å². The maximum Gasteiger partial charge on any atom is 0.142 e. The molecule has 2 unspecified atom stereocenters. The van der Waals surface area contributed by atoms with E-state index in [1.807, 2.05) is 6.07 Å². The van der Waals surface area contributed by atoms with Crippen LogP contribution in [-0.4, -0.2) is 55.6 Å². The number of hydrogen-bond acceptors (Lipinski definition) is 4. The van der Waals surface area contributed by atoms with Crippen molar-refractivity contribution in [2.24, 2.45) is 5.84 Å². The first-order valence-corrected chi connectivity index (χ1v) is 7.18. The second-order valence-electron chi connectivity index (χ2n) is 5.50. The van der Waals surface area contributed by atoms with Crippen LogP contribution in [0.2, 0.25) is 5.02 Å². The number of piperazine rings is 1. The number of nitrogens with zero attached hydrogens (tertiary/aromatic N) is 2. The first-order valence-electron chi connectivity index (χ1n) is 6.80. The lowest BCUT2D eigenvalue weighted by atomic mass is 9.97. The van der Waals surface area contributed by atoms with Gasteiger partial charge in [-0.25, -0.2) is 4.39 Å². The van der Waals surface area contributed by atoms with E-state index in [0.29, 0.717) is 6.42 Å². The average Bonchev–Trinajstić information content (AvgIpc) is 2.43. The summed E-state index contributed by atoms with van der Waals surface area (Å²) in [6.45, 7) is 2.97. The minimum Gasteiger partial charge on any atom is -0.303 e. The lowest BCUT2D eigenvalue weighted by Gasteiger charge is -2.41. The summed E-state index contributed by atoms with van der Waals surface area (Å²) in [7, 11) is 4.19. The van der Waals surface area contributed by atoms with Crippen LogP contribution in [0.4, 0.5) is 4.39 Å². The van der Waals surface area contributed by atoms with Crippen molar-refractivity contribution in [3.05, 3.63) is 34.6 Å². The Balaban J connectivity index is 2.14. The highest BCUT2D eigenvalue weighted by molar-refractivity contribution is 6.31. The first-order chi connectivity index (χ1) is 9.52. The molecule has 2 atom stereocenters. The van der Waals surface area contributed by atoms with Gasteiger partial charge in [0.1, 0.15) is 5.82 Å². The third-order valence-electron chi connectivity index (χ3n) is 4.05. The van der Waals surface area contributed by atoms with Crippen molar-refractivity contribution in [1.29, 1.82) is 0 Å². The van der Waals surface area contributed by atoms with Gasteiger partial charge in [-0.05, 0) is 32.1 Å². The molecular weight excluding hydrogens is 279 g/mol. The van der Waals surface area contributed by atoms with E-state index in [2.05, 4.69) is 29.3 Å². The molecule has 0 aromatic heterocycles. The molecule has 1 heterocycles. The molecule has 112 valence electrons. The van der Waals surface area contributed by atoms with Crippen molar-refractivity contribution in [2.45, 2.75) is 18.5 Å². The van der Waals surface area contributed by atoms with Crippen LogP contribution >= 0.6 is 11.6 Å².